The Morgan fingerprint density at radius 1 is 1.47 bits per heavy atom. The van der Waals surface area contributed by atoms with Crippen molar-refractivity contribution in [2.75, 3.05) is 18.8 Å². The first kappa shape index (κ1) is 12.2. The van der Waals surface area contributed by atoms with E-state index in [9.17, 15) is 4.79 Å². The summed E-state index contributed by atoms with van der Waals surface area (Å²) in [6.07, 6.45) is 3.88. The third kappa shape index (κ3) is 3.12. The molecule has 17 heavy (non-hydrogen) atoms. The quantitative estimate of drug-likeness (QED) is 0.832. The molecule has 0 aliphatic carbocycles. The molecule has 1 unspecified atom stereocenters. The Morgan fingerprint density at radius 2 is 2.18 bits per heavy atom. The van der Waals surface area contributed by atoms with E-state index in [-0.39, 0.29) is 11.2 Å². The van der Waals surface area contributed by atoms with Crippen molar-refractivity contribution in [1.82, 2.24) is 9.88 Å². The average molecular weight is 251 g/mol. The maximum absolute atomic E-state index is 12.1. The van der Waals surface area contributed by atoms with Crippen molar-refractivity contribution >= 4 is 23.4 Å². The number of hydrogen-bond acceptors (Lipinski definition) is 4. The highest BCUT2D eigenvalue weighted by molar-refractivity contribution is 8.00. The third-order valence-corrected chi connectivity index (χ3v) is 3.86. The Hall–Kier alpha value is -1.23. The zero-order valence-electron chi connectivity index (χ0n) is 9.93. The molecule has 4 nitrogen and oxygen atoms in total. The first-order chi connectivity index (χ1) is 8.16. The SMILES string of the molecule is CC(Sc1ccc(N)cn1)C(=O)N1CCCC1. The zero-order valence-corrected chi connectivity index (χ0v) is 10.7. The second kappa shape index (κ2) is 5.40. The molecule has 0 aromatic carbocycles. The van der Waals surface area contributed by atoms with Crippen LogP contribution in [-0.2, 0) is 4.79 Å². The van der Waals surface area contributed by atoms with E-state index in [1.807, 2.05) is 24.0 Å². The third-order valence-electron chi connectivity index (χ3n) is 2.82. The van der Waals surface area contributed by atoms with Gasteiger partial charge in [-0.3, -0.25) is 4.79 Å². The fourth-order valence-corrected chi connectivity index (χ4v) is 2.76. The molecule has 1 amide bonds. The van der Waals surface area contributed by atoms with Crippen LogP contribution in [0.15, 0.2) is 23.4 Å². The van der Waals surface area contributed by atoms with E-state index >= 15 is 0 Å². The Balaban J connectivity index is 1.93. The number of carbonyl (C=O) groups excluding carboxylic acids is 1. The lowest BCUT2D eigenvalue weighted by atomic mass is 10.4. The van der Waals surface area contributed by atoms with Crippen molar-refractivity contribution in [3.63, 3.8) is 0 Å². The van der Waals surface area contributed by atoms with E-state index in [0.29, 0.717) is 5.69 Å². The van der Waals surface area contributed by atoms with Crippen molar-refractivity contribution in [2.24, 2.45) is 0 Å². The number of rotatable bonds is 3. The fourth-order valence-electron chi connectivity index (χ4n) is 1.89. The smallest absolute Gasteiger partial charge is 0.235 e. The summed E-state index contributed by atoms with van der Waals surface area (Å²) in [6.45, 7) is 3.74. The Bertz CT molecular complexity index is 387. The van der Waals surface area contributed by atoms with Crippen molar-refractivity contribution in [1.29, 1.82) is 0 Å². The molecule has 2 rings (SSSR count). The Labute approximate surface area is 106 Å². The number of nitrogens with two attached hydrogens (primary N) is 1. The second-order valence-corrected chi connectivity index (χ2v) is 5.58. The Morgan fingerprint density at radius 3 is 2.76 bits per heavy atom. The molecule has 0 saturated carbocycles. The number of thioether (sulfide) groups is 1. The minimum absolute atomic E-state index is 0.0794. The summed E-state index contributed by atoms with van der Waals surface area (Å²) in [5.41, 5.74) is 6.22. The molecule has 0 radical (unpaired) electrons. The number of aromatic nitrogens is 1. The molecule has 0 bridgehead atoms. The second-order valence-electron chi connectivity index (χ2n) is 4.22. The average Bonchev–Trinajstić information content (AvgIpc) is 2.84. The van der Waals surface area contributed by atoms with Gasteiger partial charge in [-0.2, -0.15) is 0 Å². The summed E-state index contributed by atoms with van der Waals surface area (Å²) in [7, 11) is 0. The van der Waals surface area contributed by atoms with Crippen LogP contribution in [0.2, 0.25) is 0 Å². The van der Waals surface area contributed by atoms with Gasteiger partial charge >= 0.3 is 0 Å². The molecule has 5 heteroatoms. The van der Waals surface area contributed by atoms with Gasteiger partial charge in [0.15, 0.2) is 0 Å². The van der Waals surface area contributed by atoms with Crippen molar-refractivity contribution in [3.05, 3.63) is 18.3 Å². The summed E-state index contributed by atoms with van der Waals surface area (Å²) < 4.78 is 0. The van der Waals surface area contributed by atoms with E-state index in [1.165, 1.54) is 11.8 Å². The molecule has 1 fully saturated rings. The molecule has 1 aliphatic rings. The molecular weight excluding hydrogens is 234 g/mol. The molecule has 0 spiro atoms. The summed E-state index contributed by atoms with van der Waals surface area (Å²) in [6, 6.07) is 3.66. The Kier molecular flexibility index (Phi) is 3.89. The largest absolute Gasteiger partial charge is 0.397 e. The number of nitrogen functional groups attached to an aromatic ring is 1. The number of carbonyl (C=O) groups is 1. The normalized spacial score (nSPS) is 17.1. The lowest BCUT2D eigenvalue weighted by Crippen LogP contribution is -2.34. The van der Waals surface area contributed by atoms with Gasteiger partial charge in [-0.25, -0.2) is 4.98 Å². The minimum atomic E-state index is -0.0794. The number of nitrogens with zero attached hydrogens (tertiary/aromatic N) is 2. The number of pyridine rings is 1. The summed E-state index contributed by atoms with van der Waals surface area (Å²) in [5, 5.41) is 0.767. The maximum atomic E-state index is 12.1. The van der Waals surface area contributed by atoms with Crippen LogP contribution < -0.4 is 5.73 Å². The predicted molar refractivity (Wildman–Crippen MR) is 69.8 cm³/mol. The van der Waals surface area contributed by atoms with Crippen molar-refractivity contribution in [3.8, 4) is 0 Å². The van der Waals surface area contributed by atoms with E-state index in [1.54, 1.807) is 6.20 Å². The van der Waals surface area contributed by atoms with Gasteiger partial charge < -0.3 is 10.6 Å². The van der Waals surface area contributed by atoms with E-state index in [4.69, 9.17) is 5.73 Å². The highest BCUT2D eigenvalue weighted by Crippen LogP contribution is 2.24. The molecule has 1 saturated heterocycles. The first-order valence-electron chi connectivity index (χ1n) is 5.84. The zero-order chi connectivity index (χ0) is 12.3. The van der Waals surface area contributed by atoms with Crippen molar-refractivity contribution in [2.45, 2.75) is 30.0 Å². The minimum Gasteiger partial charge on any atom is -0.397 e. The molecule has 1 aliphatic heterocycles. The standard InChI is InChI=1S/C12H17N3OS/c1-9(12(16)15-6-2-3-7-15)17-11-5-4-10(13)8-14-11/h4-5,8-9H,2-3,6-7,13H2,1H3. The summed E-state index contributed by atoms with van der Waals surface area (Å²) in [5.74, 6) is 0.214. The number of amides is 1. The monoisotopic (exact) mass is 251 g/mol. The van der Waals surface area contributed by atoms with Crippen LogP contribution in [0.5, 0.6) is 0 Å². The lowest BCUT2D eigenvalue weighted by Gasteiger charge is -2.19. The molecular formula is C12H17N3OS. The number of likely N-dealkylation sites (tertiary alicyclic amines) is 1. The first-order valence-corrected chi connectivity index (χ1v) is 6.72. The number of anilines is 1. The van der Waals surface area contributed by atoms with Crippen LogP contribution in [0.3, 0.4) is 0 Å². The highest BCUT2D eigenvalue weighted by Gasteiger charge is 2.23. The summed E-state index contributed by atoms with van der Waals surface area (Å²) in [4.78, 5) is 18.2. The molecule has 2 N–H and O–H groups in total. The van der Waals surface area contributed by atoms with Gasteiger partial charge in [0.1, 0.15) is 0 Å². The van der Waals surface area contributed by atoms with Gasteiger partial charge in [0.05, 0.1) is 22.2 Å². The van der Waals surface area contributed by atoms with Gasteiger partial charge in [-0.15, -0.1) is 0 Å². The van der Waals surface area contributed by atoms with Crippen molar-refractivity contribution < 1.29 is 4.79 Å². The van der Waals surface area contributed by atoms with Gasteiger partial charge in [0.25, 0.3) is 0 Å². The maximum Gasteiger partial charge on any atom is 0.235 e. The molecule has 1 aromatic rings. The summed E-state index contributed by atoms with van der Waals surface area (Å²) >= 11 is 1.49. The lowest BCUT2D eigenvalue weighted by molar-refractivity contribution is -0.129. The van der Waals surface area contributed by atoms with Crippen LogP contribution in [0, 0.1) is 0 Å². The van der Waals surface area contributed by atoms with Gasteiger partial charge in [0.2, 0.25) is 5.91 Å². The fraction of sp³-hybridized carbons (Fsp3) is 0.500. The predicted octanol–water partition coefficient (Wildman–Crippen LogP) is 1.77. The van der Waals surface area contributed by atoms with Crippen LogP contribution in [0.1, 0.15) is 19.8 Å². The number of hydrogen-bond donors (Lipinski definition) is 1. The molecule has 1 atom stereocenters. The molecule has 92 valence electrons. The van der Waals surface area contributed by atoms with E-state index < -0.39 is 0 Å². The van der Waals surface area contributed by atoms with Gasteiger partial charge in [0, 0.05) is 13.1 Å². The molecule has 1 aromatic heterocycles. The topological polar surface area (TPSA) is 59.2 Å². The van der Waals surface area contributed by atoms with Gasteiger partial charge in [-0.1, -0.05) is 11.8 Å². The van der Waals surface area contributed by atoms with E-state index in [2.05, 4.69) is 4.98 Å². The van der Waals surface area contributed by atoms with Crippen LogP contribution in [0.4, 0.5) is 5.69 Å². The van der Waals surface area contributed by atoms with E-state index in [0.717, 1.165) is 31.0 Å². The highest BCUT2D eigenvalue weighted by atomic mass is 32.2. The molecule has 2 heterocycles. The van der Waals surface area contributed by atoms with Crippen LogP contribution in [-0.4, -0.2) is 34.1 Å². The van der Waals surface area contributed by atoms with Crippen LogP contribution in [0.25, 0.3) is 0 Å². The van der Waals surface area contributed by atoms with Gasteiger partial charge in [-0.05, 0) is 31.9 Å². The van der Waals surface area contributed by atoms with Crippen LogP contribution >= 0.6 is 11.8 Å².